The highest BCUT2D eigenvalue weighted by Gasteiger charge is 2.50. The molecule has 3 heterocycles. The van der Waals surface area contributed by atoms with E-state index in [9.17, 15) is 60.7 Å². The number of aliphatic hydroxyl groups excluding tert-OH is 11. The molecule has 3 fully saturated rings. The van der Waals surface area contributed by atoms with Crippen LogP contribution in [0.25, 0.3) is 0 Å². The fourth-order valence-electron chi connectivity index (χ4n) is 4.46. The number of hydrogen-bond acceptors (Lipinski definition) is 17. The van der Waals surface area contributed by atoms with Gasteiger partial charge in [0.25, 0.3) is 0 Å². The van der Waals surface area contributed by atoms with Crippen LogP contribution in [0.4, 0.5) is 0 Å². The van der Waals surface area contributed by atoms with E-state index in [4.69, 9.17) is 24.1 Å². The topological polar surface area (TPSA) is 318 Å². The van der Waals surface area contributed by atoms with Gasteiger partial charge in [0, 0.05) is 13.8 Å². The van der Waals surface area contributed by atoms with Gasteiger partial charge in [-0.1, -0.05) is 0 Å². The third-order valence-electron chi connectivity index (χ3n) is 6.65. The van der Waals surface area contributed by atoms with Gasteiger partial charge in [0.15, 0.2) is 18.9 Å². The Bertz CT molecular complexity index is 838. The zero-order chi connectivity index (χ0) is 31.2. The molecular formula is C22H40N2O17. The average Bonchev–Trinajstić information content (AvgIpc) is 2.92. The summed E-state index contributed by atoms with van der Waals surface area (Å²) < 4.78 is 20.5. The first-order valence-electron chi connectivity index (χ1n) is 12.6. The van der Waals surface area contributed by atoms with Crippen molar-refractivity contribution in [1.82, 2.24) is 10.6 Å². The number of aliphatic hydroxyl groups is 11. The first-order chi connectivity index (χ1) is 19.2. The van der Waals surface area contributed by atoms with E-state index in [1.54, 1.807) is 0 Å². The standard InChI is InChI=1S/C14H25NO11.C8H15NO6/c1-4(18)15-7-9(20)12(6(3-17)24-13(7)23)26-14-11(22)10(21)8(19)5(2-16)25-14;1-3(11)9-5-7(13)6(12)4(2-10)15-8(5)14/h5-14,16-17,19-23H,2-3H2,1H3,(H,15,18);4-8,10,12-14H,2H2,1H3,(H,9,11)/t5-,6-,7-,8+,9-,10+,11-,12-,13?,14+;4-,5-,6-,7-,8?/m11/s1. The molecule has 0 spiro atoms. The summed E-state index contributed by atoms with van der Waals surface area (Å²) in [6, 6.07) is -2.38. The van der Waals surface area contributed by atoms with Crippen molar-refractivity contribution in [3.63, 3.8) is 0 Å². The Labute approximate surface area is 233 Å². The lowest BCUT2D eigenvalue weighted by molar-refractivity contribution is -0.345. The molecule has 0 aromatic heterocycles. The van der Waals surface area contributed by atoms with E-state index < -0.39 is 124 Å². The SMILES string of the molecule is CC(=O)N[C@H]1C(O)O[C@H](CO)[C@@H](O)[C@@H]1O.CC(=O)N[C@H]1C(O)O[C@H](CO)[C@@H](O[C@@H]2O[C@H](CO)[C@H](O)[C@H](O)[C@H]2O)[C@@H]1O. The molecule has 2 amide bonds. The van der Waals surface area contributed by atoms with Crippen molar-refractivity contribution in [2.45, 2.75) is 106 Å². The van der Waals surface area contributed by atoms with E-state index >= 15 is 0 Å². The monoisotopic (exact) mass is 604 g/mol. The molecule has 3 rings (SSSR count). The number of nitrogens with one attached hydrogen (secondary N) is 2. The van der Waals surface area contributed by atoms with E-state index in [1.165, 1.54) is 6.92 Å². The van der Waals surface area contributed by atoms with Crippen molar-refractivity contribution in [3.8, 4) is 0 Å². The van der Waals surface area contributed by atoms with Gasteiger partial charge in [-0.15, -0.1) is 0 Å². The van der Waals surface area contributed by atoms with Gasteiger partial charge in [0.1, 0.15) is 73.1 Å². The van der Waals surface area contributed by atoms with Crippen molar-refractivity contribution < 1.29 is 84.7 Å². The highest BCUT2D eigenvalue weighted by Crippen LogP contribution is 2.28. The fourth-order valence-corrected chi connectivity index (χ4v) is 4.46. The van der Waals surface area contributed by atoms with Crippen LogP contribution in [0.3, 0.4) is 0 Å². The number of rotatable bonds is 7. The second kappa shape index (κ2) is 15.7. The summed E-state index contributed by atoms with van der Waals surface area (Å²) in [7, 11) is 0. The minimum absolute atomic E-state index is 0.462. The van der Waals surface area contributed by atoms with Crippen LogP contribution < -0.4 is 10.6 Å². The molecule has 15 atom stereocenters. The Morgan fingerprint density at radius 2 is 1.00 bits per heavy atom. The van der Waals surface area contributed by atoms with Gasteiger partial charge < -0.3 is 85.8 Å². The molecule has 0 aromatic carbocycles. The van der Waals surface area contributed by atoms with Gasteiger partial charge in [-0.05, 0) is 0 Å². The number of carbonyl (C=O) groups is 2. The van der Waals surface area contributed by atoms with Crippen molar-refractivity contribution >= 4 is 11.8 Å². The van der Waals surface area contributed by atoms with E-state index in [-0.39, 0.29) is 0 Å². The fraction of sp³-hybridized carbons (Fsp3) is 0.909. The normalized spacial score (nSPS) is 44.8. The predicted molar refractivity (Wildman–Crippen MR) is 128 cm³/mol. The first kappa shape index (κ1) is 35.5. The Hall–Kier alpha value is -1.66. The molecule has 41 heavy (non-hydrogen) atoms. The van der Waals surface area contributed by atoms with Crippen molar-refractivity contribution in [2.75, 3.05) is 19.8 Å². The maximum Gasteiger partial charge on any atom is 0.217 e. The maximum atomic E-state index is 11.2. The summed E-state index contributed by atoms with van der Waals surface area (Å²) in [5, 5.41) is 110. The minimum atomic E-state index is -1.73. The van der Waals surface area contributed by atoms with E-state index in [1.807, 2.05) is 0 Å². The molecule has 0 aliphatic carbocycles. The Morgan fingerprint density at radius 3 is 1.46 bits per heavy atom. The van der Waals surface area contributed by atoms with Crippen LogP contribution in [0, 0.1) is 0 Å². The Balaban J connectivity index is 0.000000333. The molecule has 2 unspecified atom stereocenters. The molecule has 0 bridgehead atoms. The predicted octanol–water partition coefficient (Wildman–Crippen LogP) is -8.33. The molecule has 0 aromatic rings. The first-order valence-corrected chi connectivity index (χ1v) is 12.6. The summed E-state index contributed by atoms with van der Waals surface area (Å²) in [6.45, 7) is 0.491. The van der Waals surface area contributed by atoms with Crippen LogP contribution in [0.1, 0.15) is 13.8 Å². The Morgan fingerprint density at radius 1 is 0.585 bits per heavy atom. The number of hydrogen-bond donors (Lipinski definition) is 13. The number of amides is 2. The third kappa shape index (κ3) is 8.69. The van der Waals surface area contributed by atoms with Crippen molar-refractivity contribution in [2.24, 2.45) is 0 Å². The van der Waals surface area contributed by atoms with Crippen LogP contribution >= 0.6 is 0 Å². The highest BCUT2D eigenvalue weighted by atomic mass is 16.7. The zero-order valence-corrected chi connectivity index (χ0v) is 22.2. The number of ether oxygens (including phenoxy) is 4. The molecule has 0 radical (unpaired) electrons. The molecule has 3 aliphatic heterocycles. The average molecular weight is 605 g/mol. The molecule has 240 valence electrons. The van der Waals surface area contributed by atoms with E-state index in [2.05, 4.69) is 10.6 Å². The summed E-state index contributed by atoms with van der Waals surface area (Å²) >= 11 is 0. The van der Waals surface area contributed by atoms with E-state index in [0.29, 0.717) is 0 Å². The van der Waals surface area contributed by atoms with Crippen LogP contribution in [-0.4, -0.2) is 180 Å². The lowest BCUT2D eigenvalue weighted by Gasteiger charge is -2.46. The van der Waals surface area contributed by atoms with Gasteiger partial charge in [0.05, 0.1) is 19.8 Å². The quantitative estimate of drug-likeness (QED) is 0.128. The summed E-state index contributed by atoms with van der Waals surface area (Å²) in [6.07, 6.45) is -18.9. The van der Waals surface area contributed by atoms with Crippen molar-refractivity contribution in [1.29, 1.82) is 0 Å². The van der Waals surface area contributed by atoms with E-state index in [0.717, 1.165) is 6.92 Å². The summed E-state index contributed by atoms with van der Waals surface area (Å²) in [4.78, 5) is 22.0. The van der Waals surface area contributed by atoms with Gasteiger partial charge in [-0.25, -0.2) is 0 Å². The second-order valence-electron chi connectivity index (χ2n) is 9.72. The smallest absolute Gasteiger partial charge is 0.217 e. The largest absolute Gasteiger partial charge is 0.394 e. The molecule has 19 nitrogen and oxygen atoms in total. The Kier molecular flexibility index (Phi) is 13.6. The molecular weight excluding hydrogens is 564 g/mol. The lowest BCUT2D eigenvalue weighted by atomic mass is 9.95. The minimum Gasteiger partial charge on any atom is -0.394 e. The second-order valence-corrected chi connectivity index (χ2v) is 9.72. The zero-order valence-electron chi connectivity index (χ0n) is 22.2. The summed E-state index contributed by atoms with van der Waals surface area (Å²) in [5.41, 5.74) is 0. The summed E-state index contributed by atoms with van der Waals surface area (Å²) in [5.74, 6) is -1.03. The highest BCUT2D eigenvalue weighted by molar-refractivity contribution is 5.73. The van der Waals surface area contributed by atoms with Crippen LogP contribution in [0.15, 0.2) is 0 Å². The van der Waals surface area contributed by atoms with Crippen LogP contribution in [0.5, 0.6) is 0 Å². The molecule has 3 aliphatic rings. The van der Waals surface area contributed by atoms with Gasteiger partial charge >= 0.3 is 0 Å². The van der Waals surface area contributed by atoms with Gasteiger partial charge in [0.2, 0.25) is 11.8 Å². The van der Waals surface area contributed by atoms with Crippen LogP contribution in [0.2, 0.25) is 0 Å². The molecule has 3 saturated heterocycles. The number of carbonyl (C=O) groups excluding carboxylic acids is 2. The lowest BCUT2D eigenvalue weighted by Crippen LogP contribution is -2.67. The maximum absolute atomic E-state index is 11.2. The van der Waals surface area contributed by atoms with Gasteiger partial charge in [-0.2, -0.15) is 0 Å². The van der Waals surface area contributed by atoms with Crippen molar-refractivity contribution in [3.05, 3.63) is 0 Å². The molecule has 13 N–H and O–H groups in total. The molecule has 19 heteroatoms. The molecule has 0 saturated carbocycles. The third-order valence-corrected chi connectivity index (χ3v) is 6.65. The van der Waals surface area contributed by atoms with Gasteiger partial charge in [-0.3, -0.25) is 9.59 Å². The van der Waals surface area contributed by atoms with Crippen LogP contribution in [-0.2, 0) is 28.5 Å².